The smallest absolute Gasteiger partial charge is 0.408 e. The van der Waals surface area contributed by atoms with E-state index in [4.69, 9.17) is 4.74 Å². The molecule has 0 unspecified atom stereocenters. The number of alkyl carbamates (subject to hydrolysis) is 1. The lowest BCUT2D eigenvalue weighted by Gasteiger charge is -2.24. The highest BCUT2D eigenvalue weighted by atomic mass is 16.5. The summed E-state index contributed by atoms with van der Waals surface area (Å²) >= 11 is 0. The van der Waals surface area contributed by atoms with Crippen LogP contribution in [0.25, 0.3) is 0 Å². The average molecular weight is 497 g/mol. The summed E-state index contributed by atoms with van der Waals surface area (Å²) in [6, 6.07) is 17.2. The number of rotatable bonds is 14. The molecule has 2 rings (SSSR count). The van der Waals surface area contributed by atoms with Crippen LogP contribution in [-0.4, -0.2) is 36.5 Å². The molecular formula is C28H40N4O4. The second-order valence-electron chi connectivity index (χ2n) is 9.74. The van der Waals surface area contributed by atoms with Gasteiger partial charge in [0, 0.05) is 13.0 Å². The first kappa shape index (κ1) is 28.8. The number of hydrogen-bond acceptors (Lipinski definition) is 5. The second-order valence-corrected chi connectivity index (χ2v) is 9.74. The summed E-state index contributed by atoms with van der Waals surface area (Å²) in [4.78, 5) is 38.7. The lowest BCUT2D eigenvalue weighted by atomic mass is 10.0. The van der Waals surface area contributed by atoms with Gasteiger partial charge in [-0.05, 0) is 35.8 Å². The number of carbonyl (C=O) groups excluding carboxylic acids is 3. The van der Waals surface area contributed by atoms with Gasteiger partial charge in [-0.2, -0.15) is 0 Å². The molecule has 2 aromatic carbocycles. The largest absolute Gasteiger partial charge is 0.445 e. The van der Waals surface area contributed by atoms with Crippen molar-refractivity contribution in [3.63, 3.8) is 0 Å². The molecule has 36 heavy (non-hydrogen) atoms. The van der Waals surface area contributed by atoms with Crippen molar-refractivity contribution in [1.82, 2.24) is 21.5 Å². The highest BCUT2D eigenvalue weighted by molar-refractivity contribution is 5.91. The van der Waals surface area contributed by atoms with E-state index < -0.39 is 24.1 Å². The quantitative estimate of drug-likeness (QED) is 0.298. The van der Waals surface area contributed by atoms with Crippen molar-refractivity contribution in [2.75, 3.05) is 6.54 Å². The number of amides is 3. The van der Waals surface area contributed by atoms with Crippen molar-refractivity contribution in [1.29, 1.82) is 0 Å². The number of hydrogen-bond donors (Lipinski definition) is 4. The van der Waals surface area contributed by atoms with Crippen LogP contribution in [0.2, 0.25) is 0 Å². The van der Waals surface area contributed by atoms with Crippen LogP contribution in [0.3, 0.4) is 0 Å². The van der Waals surface area contributed by atoms with Crippen molar-refractivity contribution in [3.05, 3.63) is 71.8 Å². The van der Waals surface area contributed by atoms with E-state index in [0.717, 1.165) is 17.5 Å². The van der Waals surface area contributed by atoms with Crippen molar-refractivity contribution < 1.29 is 19.1 Å². The molecule has 3 amide bonds. The van der Waals surface area contributed by atoms with Gasteiger partial charge in [-0.1, -0.05) is 88.4 Å². The van der Waals surface area contributed by atoms with Crippen molar-refractivity contribution in [2.45, 2.75) is 65.6 Å². The zero-order valence-electron chi connectivity index (χ0n) is 21.8. The van der Waals surface area contributed by atoms with Crippen molar-refractivity contribution in [3.8, 4) is 0 Å². The maximum absolute atomic E-state index is 13.3. The fraction of sp³-hybridized carbons (Fsp3) is 0.464. The third-order valence-electron chi connectivity index (χ3n) is 5.49. The second kappa shape index (κ2) is 15.6. The van der Waals surface area contributed by atoms with Crippen LogP contribution in [0.5, 0.6) is 0 Å². The highest BCUT2D eigenvalue weighted by Gasteiger charge is 2.27. The Morgan fingerprint density at radius 3 is 1.92 bits per heavy atom. The monoisotopic (exact) mass is 496 g/mol. The van der Waals surface area contributed by atoms with Gasteiger partial charge in [-0.15, -0.1) is 0 Å². The summed E-state index contributed by atoms with van der Waals surface area (Å²) in [6.45, 7) is 8.87. The van der Waals surface area contributed by atoms with Gasteiger partial charge in [0.25, 0.3) is 5.91 Å². The zero-order chi connectivity index (χ0) is 26.3. The van der Waals surface area contributed by atoms with Gasteiger partial charge in [0.1, 0.15) is 18.7 Å². The molecule has 0 spiro atoms. The van der Waals surface area contributed by atoms with E-state index in [-0.39, 0.29) is 12.5 Å². The van der Waals surface area contributed by atoms with Crippen molar-refractivity contribution >= 4 is 17.9 Å². The number of hydrazine groups is 1. The number of carbonyl (C=O) groups is 3. The predicted octanol–water partition coefficient (Wildman–Crippen LogP) is 3.72. The van der Waals surface area contributed by atoms with Crippen LogP contribution in [0.1, 0.15) is 51.7 Å². The number of benzene rings is 2. The van der Waals surface area contributed by atoms with Crippen LogP contribution < -0.4 is 21.5 Å². The van der Waals surface area contributed by atoms with Crippen LogP contribution in [0.4, 0.5) is 4.79 Å². The standard InChI is InChI=1S/C28H40N4O4/c1-20(2)15-16-24(31-28(35)36-19-23-13-9-6-10-14-23)26(33)30-25(17-22-11-7-5-8-12-22)27(34)32-29-18-21(3)4/h5-14,20-21,24-25,29H,15-19H2,1-4H3,(H,30,33)(H,31,35)(H,32,34)/t24-,25-/m0/s1. The summed E-state index contributed by atoms with van der Waals surface area (Å²) in [6.07, 6.45) is 0.792. The van der Waals surface area contributed by atoms with Gasteiger partial charge in [0.2, 0.25) is 5.91 Å². The van der Waals surface area contributed by atoms with Gasteiger partial charge in [0.15, 0.2) is 0 Å². The van der Waals surface area contributed by atoms with Crippen molar-refractivity contribution in [2.24, 2.45) is 11.8 Å². The number of nitrogens with one attached hydrogen (secondary N) is 4. The molecule has 0 bridgehead atoms. The van der Waals surface area contributed by atoms with Gasteiger partial charge >= 0.3 is 6.09 Å². The van der Waals surface area contributed by atoms with E-state index in [1.807, 2.05) is 74.5 Å². The van der Waals surface area contributed by atoms with Crippen LogP contribution in [0.15, 0.2) is 60.7 Å². The third kappa shape index (κ3) is 11.4. The van der Waals surface area contributed by atoms with Gasteiger partial charge < -0.3 is 15.4 Å². The number of ether oxygens (including phenoxy) is 1. The molecule has 0 heterocycles. The van der Waals surface area contributed by atoms with E-state index in [9.17, 15) is 14.4 Å². The molecule has 0 aliphatic carbocycles. The Labute approximate surface area is 214 Å². The summed E-state index contributed by atoms with van der Waals surface area (Å²) in [5.74, 6) is -0.0839. The first-order chi connectivity index (χ1) is 17.2. The molecule has 0 aliphatic rings. The first-order valence-electron chi connectivity index (χ1n) is 12.6. The molecule has 2 atom stereocenters. The molecule has 2 aromatic rings. The minimum atomic E-state index is -0.828. The van der Waals surface area contributed by atoms with E-state index in [1.165, 1.54) is 0 Å². The van der Waals surface area contributed by atoms with E-state index in [0.29, 0.717) is 31.2 Å². The highest BCUT2D eigenvalue weighted by Crippen LogP contribution is 2.10. The molecular weight excluding hydrogens is 456 g/mol. The maximum Gasteiger partial charge on any atom is 0.408 e. The Morgan fingerprint density at radius 2 is 1.33 bits per heavy atom. The normalized spacial score (nSPS) is 12.6. The fourth-order valence-corrected chi connectivity index (χ4v) is 3.44. The molecule has 0 radical (unpaired) electrons. The molecule has 196 valence electrons. The summed E-state index contributed by atoms with van der Waals surface area (Å²) in [7, 11) is 0. The molecule has 8 heteroatoms. The molecule has 0 saturated carbocycles. The Balaban J connectivity index is 2.07. The zero-order valence-corrected chi connectivity index (χ0v) is 21.8. The van der Waals surface area contributed by atoms with Crippen LogP contribution >= 0.6 is 0 Å². The van der Waals surface area contributed by atoms with Crippen LogP contribution in [-0.2, 0) is 27.4 Å². The molecule has 0 saturated heterocycles. The third-order valence-corrected chi connectivity index (χ3v) is 5.49. The predicted molar refractivity (Wildman–Crippen MR) is 141 cm³/mol. The summed E-state index contributed by atoms with van der Waals surface area (Å²) in [5.41, 5.74) is 7.37. The SMILES string of the molecule is CC(C)CC[C@H](NC(=O)OCc1ccccc1)C(=O)N[C@@H](Cc1ccccc1)C(=O)NNCC(C)C. The van der Waals surface area contributed by atoms with E-state index >= 15 is 0 Å². The Hall–Kier alpha value is -3.39. The van der Waals surface area contributed by atoms with Gasteiger partial charge in [-0.3, -0.25) is 15.0 Å². The Bertz CT molecular complexity index is 935. The molecule has 8 nitrogen and oxygen atoms in total. The Morgan fingerprint density at radius 1 is 0.722 bits per heavy atom. The van der Waals surface area contributed by atoms with Gasteiger partial charge in [0.05, 0.1) is 0 Å². The molecule has 0 fully saturated rings. The fourth-order valence-electron chi connectivity index (χ4n) is 3.44. The minimum Gasteiger partial charge on any atom is -0.445 e. The lowest BCUT2D eigenvalue weighted by Crippen LogP contribution is -2.56. The maximum atomic E-state index is 13.3. The summed E-state index contributed by atoms with van der Waals surface area (Å²) < 4.78 is 5.32. The molecule has 0 aliphatic heterocycles. The molecule has 4 N–H and O–H groups in total. The lowest BCUT2D eigenvalue weighted by molar-refractivity contribution is -0.130. The summed E-state index contributed by atoms with van der Waals surface area (Å²) in [5, 5.41) is 5.53. The van der Waals surface area contributed by atoms with E-state index in [1.54, 1.807) is 0 Å². The van der Waals surface area contributed by atoms with E-state index in [2.05, 4.69) is 35.3 Å². The average Bonchev–Trinajstić information content (AvgIpc) is 2.85. The Kier molecular flexibility index (Phi) is 12.5. The first-order valence-corrected chi connectivity index (χ1v) is 12.6. The van der Waals surface area contributed by atoms with Gasteiger partial charge in [-0.25, -0.2) is 10.2 Å². The molecule has 0 aromatic heterocycles. The minimum absolute atomic E-state index is 0.103. The van der Waals surface area contributed by atoms with Crippen LogP contribution in [0, 0.1) is 11.8 Å². The topological polar surface area (TPSA) is 109 Å².